The molecule has 0 spiro atoms. The van der Waals surface area contributed by atoms with Crippen LogP contribution in [0.1, 0.15) is 39.9 Å². The van der Waals surface area contributed by atoms with Crippen molar-refractivity contribution in [3.8, 4) is 0 Å². The second-order valence-corrected chi connectivity index (χ2v) is 6.33. The number of aromatic nitrogens is 1. The maximum atomic E-state index is 11.7. The minimum atomic E-state index is -0.361. The number of carbonyl (C=O) groups is 1. The first-order valence-corrected chi connectivity index (χ1v) is 7.87. The van der Waals surface area contributed by atoms with Gasteiger partial charge in [-0.15, -0.1) is 0 Å². The van der Waals surface area contributed by atoms with Gasteiger partial charge in [-0.1, -0.05) is 30.3 Å². The van der Waals surface area contributed by atoms with Crippen molar-refractivity contribution < 1.29 is 4.79 Å². The predicted octanol–water partition coefficient (Wildman–Crippen LogP) is 3.72. The van der Waals surface area contributed by atoms with Crippen LogP contribution in [0.2, 0.25) is 0 Å². The van der Waals surface area contributed by atoms with Gasteiger partial charge in [0.2, 0.25) is 5.91 Å². The van der Waals surface area contributed by atoms with E-state index in [0.29, 0.717) is 5.56 Å². The summed E-state index contributed by atoms with van der Waals surface area (Å²) in [5.41, 5.74) is 9.64. The topological polar surface area (TPSA) is 56.0 Å². The number of pyridine rings is 1. The summed E-state index contributed by atoms with van der Waals surface area (Å²) in [6.45, 7) is 2.00. The zero-order valence-corrected chi connectivity index (χ0v) is 13.0. The lowest BCUT2D eigenvalue weighted by molar-refractivity contribution is 0.0999. The highest BCUT2D eigenvalue weighted by Crippen LogP contribution is 2.56. The van der Waals surface area contributed by atoms with Gasteiger partial charge >= 0.3 is 0 Å². The maximum Gasteiger partial charge on any atom is 0.248 e. The molecular weight excluding hydrogens is 284 g/mol. The van der Waals surface area contributed by atoms with E-state index in [2.05, 4.69) is 29.2 Å². The molecule has 0 radical (unpaired) electrons. The van der Waals surface area contributed by atoms with Crippen LogP contribution < -0.4 is 5.73 Å². The first kappa shape index (κ1) is 13.9. The summed E-state index contributed by atoms with van der Waals surface area (Å²) in [7, 11) is 0. The minimum absolute atomic E-state index is 0.0158. The molecule has 1 amide bonds. The molecule has 0 atom stereocenters. The fourth-order valence-electron chi connectivity index (χ4n) is 3.76. The van der Waals surface area contributed by atoms with E-state index in [4.69, 9.17) is 5.73 Å². The van der Waals surface area contributed by atoms with Gasteiger partial charge in [0.15, 0.2) is 0 Å². The molecule has 0 unspecified atom stereocenters. The Morgan fingerprint density at radius 3 is 2.57 bits per heavy atom. The Balaban J connectivity index is 1.95. The molecule has 1 aromatic heterocycles. The van der Waals surface area contributed by atoms with Crippen LogP contribution in [0.4, 0.5) is 0 Å². The number of rotatable bonds is 3. The van der Waals surface area contributed by atoms with Crippen molar-refractivity contribution in [3.05, 3.63) is 77.1 Å². The molecule has 1 fully saturated rings. The van der Waals surface area contributed by atoms with Crippen LogP contribution in [0.5, 0.6) is 0 Å². The number of fused-ring (bicyclic) bond motifs is 1. The molecule has 0 aliphatic heterocycles. The van der Waals surface area contributed by atoms with Crippen LogP contribution in [0.3, 0.4) is 0 Å². The molecule has 1 heterocycles. The number of nitrogens with zero attached hydrogens (tertiary/aromatic N) is 1. The van der Waals surface area contributed by atoms with E-state index in [-0.39, 0.29) is 11.3 Å². The van der Waals surface area contributed by atoms with E-state index in [1.165, 1.54) is 21.9 Å². The van der Waals surface area contributed by atoms with Gasteiger partial charge < -0.3 is 5.73 Å². The monoisotopic (exact) mass is 302 g/mol. The van der Waals surface area contributed by atoms with Gasteiger partial charge in [-0.2, -0.15) is 0 Å². The number of primary amides is 1. The van der Waals surface area contributed by atoms with Crippen LogP contribution >= 0.6 is 0 Å². The quantitative estimate of drug-likeness (QED) is 0.801. The van der Waals surface area contributed by atoms with E-state index in [1.54, 1.807) is 0 Å². The smallest absolute Gasteiger partial charge is 0.248 e. The largest absolute Gasteiger partial charge is 0.366 e. The molecule has 1 aliphatic carbocycles. The Morgan fingerprint density at radius 2 is 1.83 bits per heavy atom. The van der Waals surface area contributed by atoms with Crippen LogP contribution in [0.15, 0.2) is 54.9 Å². The highest BCUT2D eigenvalue weighted by Gasteiger charge is 2.47. The highest BCUT2D eigenvalue weighted by atomic mass is 16.1. The number of nitrogens with two attached hydrogens (primary N) is 1. The average Bonchev–Trinajstić information content (AvgIpc) is 3.36. The SMILES string of the molecule is Cc1c(C(N)=O)cccc1C1(c2cccc3ccncc23)CC1. The predicted molar refractivity (Wildman–Crippen MR) is 91.5 cm³/mol. The Hall–Kier alpha value is -2.68. The van der Waals surface area contributed by atoms with Gasteiger partial charge in [0.05, 0.1) is 0 Å². The van der Waals surface area contributed by atoms with Crippen LogP contribution in [-0.4, -0.2) is 10.9 Å². The third kappa shape index (κ3) is 2.04. The summed E-state index contributed by atoms with van der Waals surface area (Å²) in [6, 6.07) is 14.3. The summed E-state index contributed by atoms with van der Waals surface area (Å²) < 4.78 is 0. The fourth-order valence-corrected chi connectivity index (χ4v) is 3.76. The van der Waals surface area contributed by atoms with E-state index in [0.717, 1.165) is 18.4 Å². The third-order valence-electron chi connectivity index (χ3n) is 5.06. The number of carbonyl (C=O) groups excluding carboxylic acids is 1. The van der Waals surface area contributed by atoms with E-state index in [1.807, 2.05) is 37.5 Å². The molecule has 23 heavy (non-hydrogen) atoms. The fraction of sp³-hybridized carbons (Fsp3) is 0.200. The number of benzene rings is 2. The van der Waals surface area contributed by atoms with Crippen LogP contribution in [0, 0.1) is 6.92 Å². The Labute approximate surface area is 135 Å². The first-order chi connectivity index (χ1) is 11.1. The number of amides is 1. The van der Waals surface area contributed by atoms with Crippen molar-refractivity contribution in [3.63, 3.8) is 0 Å². The zero-order chi connectivity index (χ0) is 16.0. The molecule has 0 bridgehead atoms. The summed E-state index contributed by atoms with van der Waals surface area (Å²) in [6.07, 6.45) is 5.94. The van der Waals surface area contributed by atoms with E-state index >= 15 is 0 Å². The maximum absolute atomic E-state index is 11.7. The summed E-state index contributed by atoms with van der Waals surface area (Å²) in [5.74, 6) is -0.361. The molecular formula is C20H18N2O. The standard InChI is InChI=1S/C20H18N2O/c1-13-15(19(21)23)5-3-6-17(13)20(9-10-20)18-7-2-4-14-8-11-22-12-16(14)18/h2-8,11-12H,9-10H2,1H3,(H2,21,23). The Morgan fingerprint density at radius 1 is 1.09 bits per heavy atom. The molecule has 114 valence electrons. The van der Waals surface area contributed by atoms with E-state index in [9.17, 15) is 4.79 Å². The van der Waals surface area contributed by atoms with Gasteiger partial charge in [0.1, 0.15) is 0 Å². The molecule has 3 aromatic rings. The van der Waals surface area contributed by atoms with Gasteiger partial charge in [0, 0.05) is 28.8 Å². The van der Waals surface area contributed by atoms with Crippen LogP contribution in [0.25, 0.3) is 10.8 Å². The highest BCUT2D eigenvalue weighted by molar-refractivity contribution is 5.95. The summed E-state index contributed by atoms with van der Waals surface area (Å²) >= 11 is 0. The summed E-state index contributed by atoms with van der Waals surface area (Å²) in [5, 5.41) is 2.39. The van der Waals surface area contributed by atoms with E-state index < -0.39 is 0 Å². The van der Waals surface area contributed by atoms with Crippen molar-refractivity contribution in [1.82, 2.24) is 4.98 Å². The van der Waals surface area contributed by atoms with Crippen LogP contribution in [-0.2, 0) is 5.41 Å². The van der Waals surface area contributed by atoms with Crippen molar-refractivity contribution in [2.24, 2.45) is 5.73 Å². The zero-order valence-electron chi connectivity index (χ0n) is 13.0. The molecule has 4 rings (SSSR count). The lowest BCUT2D eigenvalue weighted by Gasteiger charge is -2.22. The molecule has 2 N–H and O–H groups in total. The second kappa shape index (κ2) is 4.92. The Bertz CT molecular complexity index is 921. The first-order valence-electron chi connectivity index (χ1n) is 7.87. The number of hydrogen-bond acceptors (Lipinski definition) is 2. The molecule has 2 aromatic carbocycles. The van der Waals surface area contributed by atoms with Crippen molar-refractivity contribution in [1.29, 1.82) is 0 Å². The molecule has 3 heteroatoms. The van der Waals surface area contributed by atoms with Crippen molar-refractivity contribution in [2.75, 3.05) is 0 Å². The van der Waals surface area contributed by atoms with Crippen molar-refractivity contribution in [2.45, 2.75) is 25.2 Å². The van der Waals surface area contributed by atoms with Crippen molar-refractivity contribution >= 4 is 16.7 Å². The molecule has 1 aliphatic rings. The van der Waals surface area contributed by atoms with Gasteiger partial charge in [-0.25, -0.2) is 0 Å². The molecule has 1 saturated carbocycles. The van der Waals surface area contributed by atoms with Gasteiger partial charge in [-0.05, 0) is 54.0 Å². The lowest BCUT2D eigenvalue weighted by Crippen LogP contribution is -2.17. The van der Waals surface area contributed by atoms with Gasteiger partial charge in [-0.3, -0.25) is 9.78 Å². The second-order valence-electron chi connectivity index (χ2n) is 6.33. The normalized spacial score (nSPS) is 15.5. The summed E-state index contributed by atoms with van der Waals surface area (Å²) in [4.78, 5) is 16.0. The average molecular weight is 302 g/mol. The van der Waals surface area contributed by atoms with Gasteiger partial charge in [0.25, 0.3) is 0 Å². The third-order valence-corrected chi connectivity index (χ3v) is 5.06. The lowest BCUT2D eigenvalue weighted by atomic mass is 9.82. The molecule has 3 nitrogen and oxygen atoms in total. The molecule has 0 saturated heterocycles. The minimum Gasteiger partial charge on any atom is -0.366 e. The Kier molecular flexibility index (Phi) is 2.98. The number of hydrogen-bond donors (Lipinski definition) is 1.